The minimum Gasteiger partial charge on any atom is -0.378 e. The van der Waals surface area contributed by atoms with Crippen LogP contribution in [0.5, 0.6) is 0 Å². The van der Waals surface area contributed by atoms with Crippen molar-refractivity contribution < 1.29 is 9.59 Å². The number of carbonyl (C=O) groups excluding carboxylic acids is 2. The summed E-state index contributed by atoms with van der Waals surface area (Å²) in [5.74, 6) is -0.431. The Morgan fingerprint density at radius 1 is 1.04 bits per heavy atom. The van der Waals surface area contributed by atoms with Crippen LogP contribution in [0.1, 0.15) is 41.0 Å². The van der Waals surface area contributed by atoms with Crippen molar-refractivity contribution in [2.45, 2.75) is 26.3 Å². The van der Waals surface area contributed by atoms with Gasteiger partial charge in [0, 0.05) is 31.4 Å². The van der Waals surface area contributed by atoms with Crippen LogP contribution < -0.4 is 15.5 Å². The maximum atomic E-state index is 12.6. The van der Waals surface area contributed by atoms with Crippen LogP contribution in [-0.2, 0) is 0 Å². The zero-order valence-electron chi connectivity index (χ0n) is 15.2. The van der Waals surface area contributed by atoms with Crippen molar-refractivity contribution in [2.24, 2.45) is 0 Å². The third-order valence-corrected chi connectivity index (χ3v) is 4.03. The fourth-order valence-corrected chi connectivity index (χ4v) is 2.31. The number of anilines is 2. The fraction of sp³-hybridized carbons (Fsp3) is 0.300. The lowest BCUT2D eigenvalue weighted by Crippen LogP contribution is -2.32. The Morgan fingerprint density at radius 2 is 1.76 bits per heavy atom. The first kappa shape index (κ1) is 18.5. The number of carbonyl (C=O) groups is 2. The minimum atomic E-state index is -0.243. The Morgan fingerprint density at radius 3 is 2.44 bits per heavy atom. The molecular weight excluding hydrogens is 314 g/mol. The molecular formula is C20H25N3O2. The number of para-hydroxylation sites is 1. The first-order valence-corrected chi connectivity index (χ1v) is 8.41. The van der Waals surface area contributed by atoms with Gasteiger partial charge >= 0.3 is 0 Å². The molecule has 0 saturated carbocycles. The predicted molar refractivity (Wildman–Crippen MR) is 102 cm³/mol. The maximum Gasteiger partial charge on any atom is 0.255 e. The molecule has 0 unspecified atom stereocenters. The van der Waals surface area contributed by atoms with Gasteiger partial charge in [-0.05, 0) is 43.7 Å². The van der Waals surface area contributed by atoms with E-state index in [2.05, 4.69) is 10.6 Å². The molecule has 0 saturated heterocycles. The van der Waals surface area contributed by atoms with Crippen LogP contribution in [0.2, 0.25) is 0 Å². The van der Waals surface area contributed by atoms with E-state index >= 15 is 0 Å². The summed E-state index contributed by atoms with van der Waals surface area (Å²) in [7, 11) is 3.84. The quantitative estimate of drug-likeness (QED) is 0.846. The molecule has 0 bridgehead atoms. The molecule has 2 N–H and O–H groups in total. The molecule has 1 atom stereocenters. The van der Waals surface area contributed by atoms with Crippen LogP contribution in [0.25, 0.3) is 0 Å². The standard InChI is InChI=1S/C20H25N3O2/c1-5-14(2)21-20(25)17-11-6-7-12-18(17)22-19(24)15-9-8-10-16(13-15)23(3)4/h6-14H,5H2,1-4H3,(H,21,25)(H,22,24)/t14-/m0/s1. The van der Waals surface area contributed by atoms with Gasteiger partial charge in [-0.15, -0.1) is 0 Å². The Hall–Kier alpha value is -2.82. The molecule has 5 nitrogen and oxygen atoms in total. The predicted octanol–water partition coefficient (Wildman–Crippen LogP) is 3.53. The van der Waals surface area contributed by atoms with Crippen molar-refractivity contribution in [1.29, 1.82) is 0 Å². The van der Waals surface area contributed by atoms with Crippen molar-refractivity contribution in [2.75, 3.05) is 24.3 Å². The van der Waals surface area contributed by atoms with E-state index in [-0.39, 0.29) is 17.9 Å². The van der Waals surface area contributed by atoms with Crippen molar-refractivity contribution in [3.63, 3.8) is 0 Å². The highest BCUT2D eigenvalue weighted by Gasteiger charge is 2.15. The fourth-order valence-electron chi connectivity index (χ4n) is 2.31. The zero-order chi connectivity index (χ0) is 18.4. The van der Waals surface area contributed by atoms with E-state index in [1.807, 2.05) is 51.0 Å². The van der Waals surface area contributed by atoms with Crippen LogP contribution in [-0.4, -0.2) is 32.0 Å². The van der Waals surface area contributed by atoms with Gasteiger partial charge in [0.05, 0.1) is 11.3 Å². The molecule has 0 spiro atoms. The lowest BCUT2D eigenvalue weighted by Gasteiger charge is -2.16. The average molecular weight is 339 g/mol. The van der Waals surface area contributed by atoms with Crippen LogP contribution in [0, 0.1) is 0 Å². The average Bonchev–Trinajstić information content (AvgIpc) is 2.62. The van der Waals surface area contributed by atoms with Crippen molar-refractivity contribution in [3.05, 3.63) is 59.7 Å². The molecule has 0 heterocycles. The molecule has 0 aromatic heterocycles. The van der Waals surface area contributed by atoms with E-state index in [0.29, 0.717) is 16.8 Å². The number of amides is 2. The van der Waals surface area contributed by atoms with Gasteiger partial charge in [0.25, 0.3) is 11.8 Å². The van der Waals surface area contributed by atoms with E-state index in [9.17, 15) is 9.59 Å². The molecule has 2 aromatic rings. The molecule has 0 aliphatic heterocycles. The monoisotopic (exact) mass is 339 g/mol. The molecule has 132 valence electrons. The number of hydrogen-bond acceptors (Lipinski definition) is 3. The second-order valence-electron chi connectivity index (χ2n) is 6.23. The van der Waals surface area contributed by atoms with Gasteiger partial charge in [0.2, 0.25) is 0 Å². The van der Waals surface area contributed by atoms with Crippen molar-refractivity contribution in [3.8, 4) is 0 Å². The number of hydrogen-bond donors (Lipinski definition) is 2. The molecule has 2 amide bonds. The summed E-state index contributed by atoms with van der Waals surface area (Å²) >= 11 is 0. The number of nitrogens with zero attached hydrogens (tertiary/aromatic N) is 1. The lowest BCUT2D eigenvalue weighted by molar-refractivity contribution is 0.0940. The second kappa shape index (κ2) is 8.33. The van der Waals surface area contributed by atoms with Gasteiger partial charge in [0.15, 0.2) is 0 Å². The summed E-state index contributed by atoms with van der Waals surface area (Å²) in [6, 6.07) is 14.5. The molecule has 25 heavy (non-hydrogen) atoms. The SMILES string of the molecule is CC[C@H](C)NC(=O)c1ccccc1NC(=O)c1cccc(N(C)C)c1. The Kier molecular flexibility index (Phi) is 6.17. The molecule has 0 radical (unpaired) electrons. The van der Waals surface area contributed by atoms with Gasteiger partial charge in [-0.1, -0.05) is 25.1 Å². The van der Waals surface area contributed by atoms with Crippen LogP contribution in [0.4, 0.5) is 11.4 Å². The first-order chi connectivity index (χ1) is 11.9. The molecule has 0 fully saturated rings. The summed E-state index contributed by atoms with van der Waals surface area (Å²) in [6.07, 6.45) is 0.845. The van der Waals surface area contributed by atoms with Gasteiger partial charge in [0.1, 0.15) is 0 Å². The highest BCUT2D eigenvalue weighted by atomic mass is 16.2. The largest absolute Gasteiger partial charge is 0.378 e. The topological polar surface area (TPSA) is 61.4 Å². The summed E-state index contributed by atoms with van der Waals surface area (Å²) in [5.41, 5.74) is 2.45. The van der Waals surface area contributed by atoms with E-state index in [0.717, 1.165) is 12.1 Å². The Bertz CT molecular complexity index is 756. The molecule has 0 aliphatic carbocycles. The van der Waals surface area contributed by atoms with Gasteiger partial charge in [-0.2, -0.15) is 0 Å². The molecule has 5 heteroatoms. The number of nitrogens with one attached hydrogen (secondary N) is 2. The van der Waals surface area contributed by atoms with E-state index in [4.69, 9.17) is 0 Å². The lowest BCUT2D eigenvalue weighted by atomic mass is 10.1. The van der Waals surface area contributed by atoms with Crippen molar-refractivity contribution in [1.82, 2.24) is 5.32 Å². The summed E-state index contributed by atoms with van der Waals surface area (Å²) < 4.78 is 0. The highest BCUT2D eigenvalue weighted by molar-refractivity contribution is 6.09. The molecule has 2 aromatic carbocycles. The number of benzene rings is 2. The minimum absolute atomic E-state index is 0.0769. The number of rotatable bonds is 6. The van der Waals surface area contributed by atoms with Gasteiger partial charge in [-0.3, -0.25) is 9.59 Å². The Labute approximate surface area is 149 Å². The summed E-state index contributed by atoms with van der Waals surface area (Å²) in [5, 5.41) is 5.77. The van der Waals surface area contributed by atoms with E-state index < -0.39 is 0 Å². The third kappa shape index (κ3) is 4.83. The van der Waals surface area contributed by atoms with Crippen molar-refractivity contribution >= 4 is 23.2 Å². The molecule has 0 aliphatic rings. The zero-order valence-corrected chi connectivity index (χ0v) is 15.2. The maximum absolute atomic E-state index is 12.6. The molecule has 2 rings (SSSR count). The van der Waals surface area contributed by atoms with E-state index in [1.165, 1.54) is 0 Å². The van der Waals surface area contributed by atoms with Crippen LogP contribution in [0.3, 0.4) is 0 Å². The van der Waals surface area contributed by atoms with E-state index in [1.54, 1.807) is 30.3 Å². The van der Waals surface area contributed by atoms with Crippen LogP contribution >= 0.6 is 0 Å². The highest BCUT2D eigenvalue weighted by Crippen LogP contribution is 2.18. The summed E-state index contributed by atoms with van der Waals surface area (Å²) in [4.78, 5) is 26.9. The van der Waals surface area contributed by atoms with Gasteiger partial charge < -0.3 is 15.5 Å². The van der Waals surface area contributed by atoms with Gasteiger partial charge in [-0.25, -0.2) is 0 Å². The normalized spacial score (nSPS) is 11.5. The van der Waals surface area contributed by atoms with Crippen LogP contribution in [0.15, 0.2) is 48.5 Å². The smallest absolute Gasteiger partial charge is 0.255 e. The third-order valence-electron chi connectivity index (χ3n) is 4.03. The second-order valence-corrected chi connectivity index (χ2v) is 6.23. The Balaban J connectivity index is 2.21. The summed E-state index contributed by atoms with van der Waals surface area (Å²) in [6.45, 7) is 3.96. The first-order valence-electron chi connectivity index (χ1n) is 8.41.